The quantitative estimate of drug-likeness (QED) is 0.228. The first-order chi connectivity index (χ1) is 15.5. The number of nitro groups is 1. The molecule has 3 aliphatic heterocycles. The lowest BCUT2D eigenvalue weighted by atomic mass is 9.84. The van der Waals surface area contributed by atoms with Gasteiger partial charge in [-0.3, -0.25) is 10.1 Å². The molecular weight excluding hydrogens is 464 g/mol. The second kappa shape index (κ2) is 8.58. The molecule has 0 atom stereocenters. The van der Waals surface area contributed by atoms with Gasteiger partial charge in [0.2, 0.25) is 0 Å². The van der Waals surface area contributed by atoms with Crippen molar-refractivity contribution >= 4 is 56.6 Å². The zero-order valence-electron chi connectivity index (χ0n) is 16.8. The number of piperidine rings is 1. The van der Waals surface area contributed by atoms with Crippen molar-refractivity contribution in [3.8, 4) is 6.07 Å². The van der Waals surface area contributed by atoms with Gasteiger partial charge in [0.1, 0.15) is 11.1 Å². The highest BCUT2D eigenvalue weighted by molar-refractivity contribution is 7.99. The fourth-order valence-corrected chi connectivity index (χ4v) is 6.47. The zero-order chi connectivity index (χ0) is 22.2. The summed E-state index contributed by atoms with van der Waals surface area (Å²) in [5.74, 6) is 0.440. The van der Waals surface area contributed by atoms with E-state index in [0.717, 1.165) is 41.4 Å². The van der Waals surface area contributed by atoms with Crippen LogP contribution in [0, 0.1) is 21.4 Å². The third-order valence-corrected chi connectivity index (χ3v) is 8.26. The smallest absolute Gasteiger partial charge is 0.283 e. The summed E-state index contributed by atoms with van der Waals surface area (Å²) in [6.07, 6.45) is 3.78. The predicted molar refractivity (Wildman–Crippen MR) is 129 cm³/mol. The molecule has 0 radical (unpaired) electrons. The summed E-state index contributed by atoms with van der Waals surface area (Å²) in [5.41, 5.74) is 2.43. The molecule has 1 fully saturated rings. The number of rotatable bonds is 5. The average molecular weight is 481 g/mol. The molecule has 6 nitrogen and oxygen atoms in total. The van der Waals surface area contributed by atoms with Crippen LogP contribution in [0.1, 0.15) is 35.4 Å². The molecule has 0 spiro atoms. The van der Waals surface area contributed by atoms with Crippen LogP contribution in [0.3, 0.4) is 0 Å². The average Bonchev–Trinajstić information content (AvgIpc) is 3.21. The van der Waals surface area contributed by atoms with Gasteiger partial charge >= 0.3 is 0 Å². The summed E-state index contributed by atoms with van der Waals surface area (Å²) in [6.45, 7) is 2.07. The number of hydrogen-bond acceptors (Lipinski definition) is 7. The summed E-state index contributed by atoms with van der Waals surface area (Å²) in [4.78, 5) is 19.6. The van der Waals surface area contributed by atoms with Gasteiger partial charge in [-0.15, -0.1) is 0 Å². The van der Waals surface area contributed by atoms with Crippen molar-refractivity contribution in [3.05, 3.63) is 74.3 Å². The summed E-state index contributed by atoms with van der Waals surface area (Å²) < 4.78 is 0. The van der Waals surface area contributed by atoms with Gasteiger partial charge in [0.15, 0.2) is 0 Å². The molecule has 2 bridgehead atoms. The Bertz CT molecular complexity index is 1270. The Morgan fingerprint density at radius 1 is 1.25 bits per heavy atom. The molecule has 0 unspecified atom stereocenters. The zero-order valence-corrected chi connectivity index (χ0v) is 19.2. The van der Waals surface area contributed by atoms with E-state index >= 15 is 0 Å². The minimum Gasteiger partial charge on any atom is -0.363 e. The Labute approximate surface area is 198 Å². The van der Waals surface area contributed by atoms with Crippen LogP contribution in [0.25, 0.3) is 0 Å². The van der Waals surface area contributed by atoms with Crippen LogP contribution < -0.4 is 4.90 Å². The van der Waals surface area contributed by atoms with Crippen molar-refractivity contribution < 1.29 is 4.92 Å². The van der Waals surface area contributed by atoms with Crippen molar-refractivity contribution in [3.63, 3.8) is 0 Å². The van der Waals surface area contributed by atoms with Crippen molar-refractivity contribution in [2.24, 2.45) is 4.99 Å². The van der Waals surface area contributed by atoms with Crippen LogP contribution in [-0.2, 0) is 0 Å². The van der Waals surface area contributed by atoms with E-state index in [2.05, 4.69) is 16.0 Å². The molecule has 32 heavy (non-hydrogen) atoms. The molecule has 6 rings (SSSR count). The molecule has 4 heterocycles. The predicted octanol–water partition coefficient (Wildman–Crippen LogP) is 6.78. The number of benzene rings is 2. The minimum absolute atomic E-state index is 0.0176. The van der Waals surface area contributed by atoms with E-state index in [1.165, 1.54) is 17.8 Å². The second-order valence-electron chi connectivity index (χ2n) is 7.67. The maximum Gasteiger partial charge on any atom is 0.283 e. The van der Waals surface area contributed by atoms with E-state index in [-0.39, 0.29) is 10.6 Å². The molecule has 0 aliphatic carbocycles. The number of hydrogen-bond donors (Lipinski definition) is 0. The Morgan fingerprint density at radius 2 is 2.00 bits per heavy atom. The molecule has 160 valence electrons. The lowest BCUT2D eigenvalue weighted by Gasteiger charge is -2.39. The van der Waals surface area contributed by atoms with E-state index in [9.17, 15) is 15.4 Å². The Balaban J connectivity index is 1.44. The highest BCUT2D eigenvalue weighted by Gasteiger charge is 2.36. The Hall–Kier alpha value is -2.86. The maximum absolute atomic E-state index is 11.7. The van der Waals surface area contributed by atoms with Gasteiger partial charge in [0, 0.05) is 40.9 Å². The summed E-state index contributed by atoms with van der Waals surface area (Å²) >= 11 is 8.78. The topological polar surface area (TPSA) is 82.5 Å². The first kappa shape index (κ1) is 21.0. The monoisotopic (exact) mass is 480 g/mol. The summed E-state index contributed by atoms with van der Waals surface area (Å²) in [5, 5.41) is 23.9. The normalized spacial score (nSPS) is 15.2. The van der Waals surface area contributed by atoms with Gasteiger partial charge in [-0.2, -0.15) is 5.26 Å². The number of anilines is 1. The van der Waals surface area contributed by atoms with Crippen molar-refractivity contribution in [1.82, 2.24) is 0 Å². The molecule has 0 saturated carbocycles. The van der Waals surface area contributed by atoms with E-state index in [0.29, 0.717) is 32.0 Å². The van der Waals surface area contributed by atoms with Crippen LogP contribution in [-0.4, -0.2) is 24.2 Å². The number of halogens is 1. The number of nitrogens with zero attached hydrogens (tertiary/aromatic N) is 4. The number of nitriles is 1. The first-order valence-electron chi connectivity index (χ1n) is 10.1. The molecule has 2 aromatic carbocycles. The van der Waals surface area contributed by atoms with Gasteiger partial charge in [0.05, 0.1) is 20.4 Å². The molecule has 3 aromatic rings. The fourth-order valence-electron chi connectivity index (χ4n) is 4.21. The molecule has 1 saturated heterocycles. The van der Waals surface area contributed by atoms with E-state index in [1.54, 1.807) is 35.8 Å². The number of aliphatic imine (C=N–C) groups is 1. The maximum atomic E-state index is 11.7. The second-order valence-corrected chi connectivity index (χ2v) is 10.2. The summed E-state index contributed by atoms with van der Waals surface area (Å²) in [6, 6.07) is 14.6. The molecule has 0 amide bonds. The van der Waals surface area contributed by atoms with Crippen LogP contribution >= 0.6 is 34.7 Å². The Kier molecular flexibility index (Phi) is 5.64. The van der Waals surface area contributed by atoms with Gasteiger partial charge in [0.25, 0.3) is 5.69 Å². The van der Waals surface area contributed by atoms with Crippen LogP contribution in [0.15, 0.2) is 57.2 Å². The fraction of sp³-hybridized carbons (Fsp3) is 0.217. The van der Waals surface area contributed by atoms with Gasteiger partial charge in [-0.1, -0.05) is 40.8 Å². The van der Waals surface area contributed by atoms with Crippen LogP contribution in [0.5, 0.6) is 0 Å². The highest BCUT2D eigenvalue weighted by Crippen LogP contribution is 2.52. The largest absolute Gasteiger partial charge is 0.363 e. The first-order valence-corrected chi connectivity index (χ1v) is 12.1. The van der Waals surface area contributed by atoms with Crippen molar-refractivity contribution in [2.75, 3.05) is 18.0 Å². The van der Waals surface area contributed by atoms with Crippen molar-refractivity contribution in [1.29, 1.82) is 5.26 Å². The third kappa shape index (κ3) is 3.88. The molecule has 3 aliphatic rings. The minimum atomic E-state index is -0.384. The summed E-state index contributed by atoms with van der Waals surface area (Å²) in [7, 11) is 0. The molecule has 1 aromatic heterocycles. The molecule has 0 N–H and O–H groups in total. The standard InChI is InChI=1S/C23H17ClN4O2S2/c24-16-2-4-17(5-3-16)31-20-6-1-14(11-19(20)28(29)30)13-26-22-18(12-25)21-15-7-9-27(10-8-15)23(21)32-22/h1-6,11,13,15H,7-10H2/b26-13+. The molecular formula is C23H17ClN4O2S2. The van der Waals surface area contributed by atoms with Crippen LogP contribution in [0.2, 0.25) is 5.02 Å². The number of fused-ring (bicyclic) bond motifs is 2. The van der Waals surface area contributed by atoms with Gasteiger partial charge in [-0.05, 0) is 54.7 Å². The lowest BCUT2D eigenvalue weighted by Crippen LogP contribution is -2.37. The third-order valence-electron chi connectivity index (χ3n) is 5.76. The highest BCUT2D eigenvalue weighted by atomic mass is 35.5. The Morgan fingerprint density at radius 3 is 2.69 bits per heavy atom. The molecule has 9 heteroatoms. The van der Waals surface area contributed by atoms with E-state index in [4.69, 9.17) is 11.6 Å². The van der Waals surface area contributed by atoms with Crippen LogP contribution in [0.4, 0.5) is 15.7 Å². The lowest BCUT2D eigenvalue weighted by molar-refractivity contribution is -0.387. The number of thiophene rings is 1. The van der Waals surface area contributed by atoms with Gasteiger partial charge in [-0.25, -0.2) is 4.99 Å². The SMILES string of the molecule is N#Cc1c(/N=C/c2ccc(Sc3ccc(Cl)cc3)c([N+](=O)[O-])c2)sc2c1C1CCN2CC1. The van der Waals surface area contributed by atoms with E-state index < -0.39 is 0 Å². The van der Waals surface area contributed by atoms with Gasteiger partial charge < -0.3 is 4.90 Å². The van der Waals surface area contributed by atoms with E-state index in [1.807, 2.05) is 18.2 Å². The van der Waals surface area contributed by atoms with Crippen molar-refractivity contribution in [2.45, 2.75) is 28.6 Å². The number of nitro benzene ring substituents is 1.